The number of thiazole rings is 1. The number of aryl methyl sites for hydroxylation is 2. The van der Waals surface area contributed by atoms with Crippen molar-refractivity contribution >= 4 is 34.5 Å². The fourth-order valence-electron chi connectivity index (χ4n) is 1.81. The summed E-state index contributed by atoms with van der Waals surface area (Å²) in [4.78, 5) is 16.8. The summed E-state index contributed by atoms with van der Waals surface area (Å²) in [6.45, 7) is 1.97. The molecule has 0 fully saturated rings. The number of hydrogen-bond acceptors (Lipinski definition) is 4. The van der Waals surface area contributed by atoms with Gasteiger partial charge in [0.2, 0.25) is 0 Å². The molecule has 1 amide bonds. The van der Waals surface area contributed by atoms with Crippen LogP contribution in [-0.4, -0.2) is 23.7 Å². The molecule has 1 aromatic carbocycles. The van der Waals surface area contributed by atoms with Crippen LogP contribution in [0.1, 0.15) is 20.4 Å². The van der Waals surface area contributed by atoms with Gasteiger partial charge < -0.3 is 10.1 Å². The summed E-state index contributed by atoms with van der Waals surface area (Å²) >= 11 is 7.03. The zero-order valence-corrected chi connectivity index (χ0v) is 13.7. The van der Waals surface area contributed by atoms with Crippen molar-refractivity contribution in [2.24, 2.45) is 0 Å². The molecule has 0 bridgehead atoms. The number of carbonyl (C=O) groups excluding carboxylic acids is 1. The maximum absolute atomic E-state index is 12.3. The molecule has 0 aliphatic rings. The minimum absolute atomic E-state index is 0.0669. The van der Waals surface area contributed by atoms with Crippen LogP contribution < -0.4 is 10.1 Å². The van der Waals surface area contributed by atoms with E-state index in [9.17, 15) is 18.0 Å². The van der Waals surface area contributed by atoms with Gasteiger partial charge in [0.15, 0.2) is 6.61 Å². The predicted octanol–water partition coefficient (Wildman–Crippen LogP) is 4.61. The lowest BCUT2D eigenvalue weighted by Crippen LogP contribution is -2.20. The van der Waals surface area contributed by atoms with Crippen molar-refractivity contribution < 1.29 is 22.7 Å². The van der Waals surface area contributed by atoms with E-state index in [1.807, 2.05) is 0 Å². The van der Waals surface area contributed by atoms with Crippen molar-refractivity contribution in [3.8, 4) is 5.75 Å². The van der Waals surface area contributed by atoms with Gasteiger partial charge >= 0.3 is 6.18 Å². The maximum Gasteiger partial charge on any atom is 0.422 e. The minimum atomic E-state index is -4.48. The van der Waals surface area contributed by atoms with Gasteiger partial charge in [0.05, 0.1) is 16.4 Å². The van der Waals surface area contributed by atoms with E-state index >= 15 is 0 Å². The van der Waals surface area contributed by atoms with E-state index in [0.29, 0.717) is 15.6 Å². The number of aromatic nitrogens is 1. The molecular weight excluding hydrogens is 353 g/mol. The molecular formula is C14H12ClF3N2O2S. The molecule has 4 nitrogen and oxygen atoms in total. The number of ether oxygens (including phenoxy) is 1. The third-order valence-corrected chi connectivity index (χ3v) is 4.00. The highest BCUT2D eigenvalue weighted by molar-refractivity contribution is 7.13. The first kappa shape index (κ1) is 17.6. The number of amides is 1. The van der Waals surface area contributed by atoms with Gasteiger partial charge in [-0.05, 0) is 32.0 Å². The third-order valence-electron chi connectivity index (χ3n) is 2.69. The van der Waals surface area contributed by atoms with Crippen LogP contribution in [0, 0.1) is 13.8 Å². The van der Waals surface area contributed by atoms with Crippen LogP contribution in [0.5, 0.6) is 5.75 Å². The van der Waals surface area contributed by atoms with Crippen molar-refractivity contribution in [2.75, 3.05) is 11.9 Å². The van der Waals surface area contributed by atoms with E-state index in [1.54, 1.807) is 13.8 Å². The number of hydrogen-bond donors (Lipinski definition) is 1. The number of alkyl halides is 3. The van der Waals surface area contributed by atoms with E-state index in [4.69, 9.17) is 16.3 Å². The third kappa shape index (κ3) is 4.84. The van der Waals surface area contributed by atoms with E-state index in [1.165, 1.54) is 29.5 Å². The van der Waals surface area contributed by atoms with Gasteiger partial charge in [-0.1, -0.05) is 11.6 Å². The number of rotatable bonds is 4. The number of benzene rings is 1. The fourth-order valence-corrected chi connectivity index (χ4v) is 2.79. The smallest absolute Gasteiger partial charge is 0.422 e. The normalized spacial score (nSPS) is 11.4. The zero-order chi connectivity index (χ0) is 17.2. The van der Waals surface area contributed by atoms with E-state index in [0.717, 1.165) is 0 Å². The second-order valence-electron chi connectivity index (χ2n) is 4.65. The zero-order valence-electron chi connectivity index (χ0n) is 12.1. The molecule has 0 radical (unpaired) electrons. The quantitative estimate of drug-likeness (QED) is 0.862. The standard InChI is InChI=1S/C14H12ClF3N2O2S/c1-7-12(23-8(2)19-7)13(21)20-10-5-9(15)3-4-11(10)22-6-14(16,17)18/h3-5H,6H2,1-2H3,(H,20,21). The average Bonchev–Trinajstić information content (AvgIpc) is 2.76. The molecule has 23 heavy (non-hydrogen) atoms. The molecule has 0 atom stereocenters. The molecule has 0 spiro atoms. The summed E-state index contributed by atoms with van der Waals surface area (Å²) < 4.78 is 41.6. The molecule has 124 valence electrons. The number of anilines is 1. The number of nitrogens with zero attached hydrogens (tertiary/aromatic N) is 1. The highest BCUT2D eigenvalue weighted by Gasteiger charge is 2.29. The Morgan fingerprint density at radius 3 is 2.65 bits per heavy atom. The Balaban J connectivity index is 2.22. The molecule has 0 saturated heterocycles. The molecule has 0 aliphatic carbocycles. The molecule has 2 aromatic rings. The van der Waals surface area contributed by atoms with Gasteiger partial charge in [-0.15, -0.1) is 11.3 Å². The summed E-state index contributed by atoms with van der Waals surface area (Å²) in [5, 5.41) is 3.49. The van der Waals surface area contributed by atoms with Gasteiger partial charge in [0.1, 0.15) is 10.6 Å². The number of carbonyl (C=O) groups is 1. The van der Waals surface area contributed by atoms with Crippen LogP contribution in [0.3, 0.4) is 0 Å². The van der Waals surface area contributed by atoms with Crippen molar-refractivity contribution in [3.63, 3.8) is 0 Å². The largest absolute Gasteiger partial charge is 0.482 e. The Morgan fingerprint density at radius 1 is 1.39 bits per heavy atom. The first-order valence-corrected chi connectivity index (χ1v) is 7.59. The van der Waals surface area contributed by atoms with Crippen LogP contribution in [0.25, 0.3) is 0 Å². The van der Waals surface area contributed by atoms with Crippen LogP contribution in [0.4, 0.5) is 18.9 Å². The van der Waals surface area contributed by atoms with Crippen LogP contribution in [0.2, 0.25) is 5.02 Å². The van der Waals surface area contributed by atoms with Gasteiger partial charge in [-0.25, -0.2) is 4.98 Å². The first-order valence-electron chi connectivity index (χ1n) is 6.40. The van der Waals surface area contributed by atoms with Crippen molar-refractivity contribution in [1.82, 2.24) is 4.98 Å². The lowest BCUT2D eigenvalue weighted by molar-refractivity contribution is -0.153. The van der Waals surface area contributed by atoms with E-state index in [-0.39, 0.29) is 16.5 Å². The lowest BCUT2D eigenvalue weighted by atomic mass is 10.2. The average molecular weight is 365 g/mol. The van der Waals surface area contributed by atoms with Crippen molar-refractivity contribution in [2.45, 2.75) is 20.0 Å². The molecule has 2 rings (SSSR count). The lowest BCUT2D eigenvalue weighted by Gasteiger charge is -2.14. The Morgan fingerprint density at radius 2 is 2.09 bits per heavy atom. The van der Waals surface area contributed by atoms with Crippen LogP contribution in [-0.2, 0) is 0 Å². The first-order chi connectivity index (χ1) is 10.7. The van der Waals surface area contributed by atoms with Gasteiger partial charge in [-0.2, -0.15) is 13.2 Å². The van der Waals surface area contributed by atoms with Gasteiger partial charge in [0.25, 0.3) is 5.91 Å². The minimum Gasteiger partial charge on any atom is -0.482 e. The predicted molar refractivity (Wildman–Crippen MR) is 82.5 cm³/mol. The number of halogens is 4. The Labute approximate surface area is 139 Å². The number of nitrogens with one attached hydrogen (secondary N) is 1. The monoisotopic (exact) mass is 364 g/mol. The Bertz CT molecular complexity index is 731. The molecule has 1 heterocycles. The molecule has 1 N–H and O–H groups in total. The fraction of sp³-hybridized carbons (Fsp3) is 0.286. The van der Waals surface area contributed by atoms with E-state index < -0.39 is 18.7 Å². The molecule has 0 unspecified atom stereocenters. The summed E-state index contributed by atoms with van der Waals surface area (Å²) in [6.07, 6.45) is -4.48. The molecule has 0 aliphatic heterocycles. The van der Waals surface area contributed by atoms with Gasteiger partial charge in [-0.3, -0.25) is 4.79 Å². The Kier molecular flexibility index (Phi) is 5.16. The molecule has 9 heteroatoms. The summed E-state index contributed by atoms with van der Waals surface area (Å²) in [5.74, 6) is -0.591. The SMILES string of the molecule is Cc1nc(C)c(C(=O)Nc2cc(Cl)ccc2OCC(F)(F)F)s1. The van der Waals surface area contributed by atoms with Gasteiger partial charge in [0, 0.05) is 5.02 Å². The molecule has 1 aromatic heterocycles. The topological polar surface area (TPSA) is 51.2 Å². The second-order valence-corrected chi connectivity index (χ2v) is 6.29. The summed E-state index contributed by atoms with van der Waals surface area (Å²) in [7, 11) is 0. The molecule has 0 saturated carbocycles. The van der Waals surface area contributed by atoms with Crippen molar-refractivity contribution in [1.29, 1.82) is 0 Å². The van der Waals surface area contributed by atoms with Crippen LogP contribution >= 0.6 is 22.9 Å². The van der Waals surface area contributed by atoms with E-state index in [2.05, 4.69) is 10.3 Å². The summed E-state index contributed by atoms with van der Waals surface area (Å²) in [5.41, 5.74) is 0.613. The Hall–Kier alpha value is -1.80. The highest BCUT2D eigenvalue weighted by atomic mass is 35.5. The van der Waals surface area contributed by atoms with Crippen LogP contribution in [0.15, 0.2) is 18.2 Å². The summed E-state index contributed by atoms with van der Waals surface area (Å²) in [6, 6.07) is 3.98. The van der Waals surface area contributed by atoms with Crippen molar-refractivity contribution in [3.05, 3.63) is 38.8 Å². The second kappa shape index (κ2) is 6.76. The maximum atomic E-state index is 12.3. The highest BCUT2D eigenvalue weighted by Crippen LogP contribution is 2.30.